The Morgan fingerprint density at radius 3 is 2.89 bits per heavy atom. The SMILES string of the molecule is CNC(=O)c1sc2ncccc2c1[C@@H]1CCN(C(=O)CCC2CCCC2)C1. The van der Waals surface area contributed by atoms with Crippen LogP contribution >= 0.6 is 11.3 Å². The fourth-order valence-corrected chi connectivity index (χ4v) is 5.82. The molecule has 1 saturated heterocycles. The number of amides is 2. The summed E-state index contributed by atoms with van der Waals surface area (Å²) in [5, 5.41) is 3.82. The third-order valence-electron chi connectivity index (χ3n) is 6.13. The summed E-state index contributed by atoms with van der Waals surface area (Å²) >= 11 is 1.45. The number of rotatable bonds is 5. The average Bonchev–Trinajstić information content (AvgIpc) is 3.44. The molecule has 3 heterocycles. The Kier molecular flexibility index (Phi) is 5.43. The van der Waals surface area contributed by atoms with Gasteiger partial charge in [-0.05, 0) is 30.4 Å². The van der Waals surface area contributed by atoms with Crippen LogP contribution in [0.2, 0.25) is 0 Å². The van der Waals surface area contributed by atoms with E-state index >= 15 is 0 Å². The third kappa shape index (κ3) is 3.72. The molecule has 0 radical (unpaired) electrons. The minimum absolute atomic E-state index is 0.0565. The molecule has 2 aromatic rings. The molecule has 2 aliphatic rings. The number of nitrogens with one attached hydrogen (secondary N) is 1. The summed E-state index contributed by atoms with van der Waals surface area (Å²) in [5.41, 5.74) is 1.08. The lowest BCUT2D eigenvalue weighted by atomic mass is 9.95. The first kappa shape index (κ1) is 18.4. The number of nitrogens with zero attached hydrogens (tertiary/aromatic N) is 2. The first-order valence-electron chi connectivity index (χ1n) is 10.0. The number of carbonyl (C=O) groups is 2. The van der Waals surface area contributed by atoms with E-state index in [4.69, 9.17) is 0 Å². The van der Waals surface area contributed by atoms with Gasteiger partial charge in [-0.2, -0.15) is 0 Å². The van der Waals surface area contributed by atoms with Crippen molar-refractivity contribution in [1.29, 1.82) is 0 Å². The Hall–Kier alpha value is -1.95. The van der Waals surface area contributed by atoms with Gasteiger partial charge in [0.15, 0.2) is 0 Å². The van der Waals surface area contributed by atoms with Crippen LogP contribution in [-0.2, 0) is 4.79 Å². The Morgan fingerprint density at radius 1 is 1.30 bits per heavy atom. The normalized spacial score (nSPS) is 20.5. The minimum atomic E-state index is -0.0565. The van der Waals surface area contributed by atoms with Gasteiger partial charge >= 0.3 is 0 Å². The monoisotopic (exact) mass is 385 g/mol. The summed E-state index contributed by atoms with van der Waals surface area (Å²) in [6.45, 7) is 1.51. The van der Waals surface area contributed by atoms with Gasteiger partial charge in [0.1, 0.15) is 4.83 Å². The zero-order valence-electron chi connectivity index (χ0n) is 15.9. The average molecular weight is 386 g/mol. The van der Waals surface area contributed by atoms with Gasteiger partial charge in [-0.1, -0.05) is 31.7 Å². The fraction of sp³-hybridized carbons (Fsp3) is 0.571. The van der Waals surface area contributed by atoms with E-state index in [9.17, 15) is 9.59 Å². The van der Waals surface area contributed by atoms with Gasteiger partial charge in [0, 0.05) is 44.1 Å². The number of aromatic nitrogens is 1. The largest absolute Gasteiger partial charge is 0.354 e. The van der Waals surface area contributed by atoms with Crippen LogP contribution in [0, 0.1) is 5.92 Å². The Balaban J connectivity index is 1.49. The number of pyridine rings is 1. The van der Waals surface area contributed by atoms with Crippen molar-refractivity contribution in [3.05, 3.63) is 28.8 Å². The maximum Gasteiger partial charge on any atom is 0.261 e. The van der Waals surface area contributed by atoms with Gasteiger partial charge < -0.3 is 10.2 Å². The van der Waals surface area contributed by atoms with Gasteiger partial charge in [0.05, 0.1) is 4.88 Å². The number of carbonyl (C=O) groups excluding carboxylic acids is 2. The van der Waals surface area contributed by atoms with E-state index in [1.807, 2.05) is 17.0 Å². The molecule has 5 nitrogen and oxygen atoms in total. The Labute approximate surface area is 164 Å². The Bertz CT molecular complexity index is 841. The predicted octanol–water partition coefficient (Wildman–Crippen LogP) is 3.94. The summed E-state index contributed by atoms with van der Waals surface area (Å²) in [4.78, 5) is 33.2. The van der Waals surface area contributed by atoms with Gasteiger partial charge in [-0.25, -0.2) is 4.98 Å². The summed E-state index contributed by atoms with van der Waals surface area (Å²) in [7, 11) is 1.66. The second-order valence-electron chi connectivity index (χ2n) is 7.79. The van der Waals surface area contributed by atoms with Gasteiger partial charge in [-0.3, -0.25) is 9.59 Å². The number of fused-ring (bicyclic) bond motifs is 1. The van der Waals surface area contributed by atoms with Gasteiger partial charge in [0.25, 0.3) is 5.91 Å². The summed E-state index contributed by atoms with van der Waals surface area (Å²) < 4.78 is 0. The first-order valence-corrected chi connectivity index (χ1v) is 10.9. The molecule has 6 heteroatoms. The highest BCUT2D eigenvalue weighted by Gasteiger charge is 2.32. The van der Waals surface area contributed by atoms with Gasteiger partial charge in [-0.15, -0.1) is 11.3 Å². The molecule has 1 aliphatic heterocycles. The molecule has 4 rings (SSSR count). The molecule has 2 fully saturated rings. The zero-order chi connectivity index (χ0) is 18.8. The van der Waals surface area contributed by atoms with E-state index in [0.717, 1.165) is 46.0 Å². The van der Waals surface area contributed by atoms with Crippen LogP contribution in [0.5, 0.6) is 0 Å². The van der Waals surface area contributed by atoms with Crippen molar-refractivity contribution in [2.24, 2.45) is 5.92 Å². The lowest BCUT2D eigenvalue weighted by Crippen LogP contribution is -2.28. The molecule has 144 valence electrons. The van der Waals surface area contributed by atoms with E-state index in [-0.39, 0.29) is 17.7 Å². The summed E-state index contributed by atoms with van der Waals surface area (Å²) in [5.74, 6) is 1.19. The standard InChI is InChI=1S/C21H27N3O2S/c1-22-20(26)19-18(16-7-4-11-23-21(16)27-19)15-10-12-24(13-15)17(25)9-8-14-5-2-3-6-14/h4,7,11,14-15H,2-3,5-6,8-10,12-13H2,1H3,(H,22,26)/t15-/m1/s1. The molecule has 1 N–H and O–H groups in total. The maximum atomic E-state index is 12.7. The predicted molar refractivity (Wildman–Crippen MR) is 108 cm³/mol. The lowest BCUT2D eigenvalue weighted by molar-refractivity contribution is -0.130. The number of thiophene rings is 1. The van der Waals surface area contributed by atoms with Crippen molar-refractivity contribution in [1.82, 2.24) is 15.2 Å². The molecule has 0 unspecified atom stereocenters. The third-order valence-corrected chi connectivity index (χ3v) is 7.26. The van der Waals surface area contributed by atoms with Crippen molar-refractivity contribution in [3.63, 3.8) is 0 Å². The van der Waals surface area contributed by atoms with Crippen LogP contribution in [0.4, 0.5) is 0 Å². The highest BCUT2D eigenvalue weighted by Crippen LogP contribution is 2.39. The van der Waals surface area contributed by atoms with Gasteiger partial charge in [0.2, 0.25) is 5.91 Å². The molecule has 2 amide bonds. The Morgan fingerprint density at radius 2 is 2.11 bits per heavy atom. The number of likely N-dealkylation sites (tertiary alicyclic amines) is 1. The lowest BCUT2D eigenvalue weighted by Gasteiger charge is -2.18. The second kappa shape index (κ2) is 7.97. The smallest absolute Gasteiger partial charge is 0.261 e. The zero-order valence-corrected chi connectivity index (χ0v) is 16.7. The fourth-order valence-electron chi connectivity index (χ4n) is 4.65. The first-order chi connectivity index (χ1) is 13.2. The van der Waals surface area contributed by atoms with Crippen LogP contribution in [0.25, 0.3) is 10.2 Å². The molecule has 1 aliphatic carbocycles. The van der Waals surface area contributed by atoms with E-state index in [0.29, 0.717) is 13.0 Å². The molecule has 0 bridgehead atoms. The van der Waals surface area contributed by atoms with E-state index in [1.54, 1.807) is 13.2 Å². The van der Waals surface area contributed by atoms with Crippen molar-refractivity contribution in [2.45, 2.75) is 50.9 Å². The molecule has 1 saturated carbocycles. The molecular weight excluding hydrogens is 358 g/mol. The summed E-state index contributed by atoms with van der Waals surface area (Å²) in [6, 6.07) is 3.97. The molecule has 2 aromatic heterocycles. The van der Waals surface area contributed by atoms with Crippen molar-refractivity contribution < 1.29 is 9.59 Å². The van der Waals surface area contributed by atoms with E-state index in [2.05, 4.69) is 10.3 Å². The molecule has 0 aromatic carbocycles. The molecular formula is C21H27N3O2S. The quantitative estimate of drug-likeness (QED) is 0.848. The second-order valence-corrected chi connectivity index (χ2v) is 8.79. The van der Waals surface area contributed by atoms with E-state index in [1.165, 1.54) is 37.0 Å². The maximum absolute atomic E-state index is 12.7. The van der Waals surface area contributed by atoms with Crippen LogP contribution in [0.15, 0.2) is 18.3 Å². The minimum Gasteiger partial charge on any atom is -0.354 e. The molecule has 1 atom stereocenters. The molecule has 0 spiro atoms. The van der Waals surface area contributed by atoms with Crippen LogP contribution < -0.4 is 5.32 Å². The number of hydrogen-bond donors (Lipinski definition) is 1. The van der Waals surface area contributed by atoms with Crippen molar-refractivity contribution in [2.75, 3.05) is 20.1 Å². The highest BCUT2D eigenvalue weighted by atomic mass is 32.1. The van der Waals surface area contributed by atoms with Crippen LogP contribution in [0.3, 0.4) is 0 Å². The number of hydrogen-bond acceptors (Lipinski definition) is 4. The topological polar surface area (TPSA) is 62.3 Å². The highest BCUT2D eigenvalue weighted by molar-refractivity contribution is 7.20. The summed E-state index contributed by atoms with van der Waals surface area (Å²) in [6.07, 6.45) is 9.63. The van der Waals surface area contributed by atoms with Crippen LogP contribution in [0.1, 0.15) is 66.1 Å². The van der Waals surface area contributed by atoms with E-state index < -0.39 is 0 Å². The van der Waals surface area contributed by atoms with Crippen LogP contribution in [-0.4, -0.2) is 41.8 Å². The van der Waals surface area contributed by atoms with Crippen molar-refractivity contribution in [3.8, 4) is 0 Å². The van der Waals surface area contributed by atoms with Crippen molar-refractivity contribution >= 4 is 33.4 Å². The molecule has 27 heavy (non-hydrogen) atoms.